The van der Waals surface area contributed by atoms with Crippen LogP contribution >= 0.6 is 0 Å². The van der Waals surface area contributed by atoms with Gasteiger partial charge in [0.1, 0.15) is 5.75 Å². The number of rotatable bonds is 5. The number of aliphatic hydroxyl groups excluding tert-OH is 1. The highest BCUT2D eigenvalue weighted by molar-refractivity contribution is 5.30. The maximum atomic E-state index is 11.9. The highest BCUT2D eigenvalue weighted by atomic mass is 19.3. The van der Waals surface area contributed by atoms with Gasteiger partial charge in [0.05, 0.1) is 0 Å². The van der Waals surface area contributed by atoms with Crippen molar-refractivity contribution < 1.29 is 18.6 Å². The molecule has 3 nitrogen and oxygen atoms in total. The summed E-state index contributed by atoms with van der Waals surface area (Å²) in [5, 5.41) is 8.68. The first-order valence-corrected chi connectivity index (χ1v) is 4.54. The summed E-state index contributed by atoms with van der Waals surface area (Å²) < 4.78 is 28.0. The number of nitrogens with two attached hydrogens (primary N) is 1. The fraction of sp³-hybridized carbons (Fsp3) is 0.400. The van der Waals surface area contributed by atoms with Gasteiger partial charge in [-0.25, -0.2) is 0 Å². The van der Waals surface area contributed by atoms with Crippen LogP contribution < -0.4 is 10.5 Å². The van der Waals surface area contributed by atoms with Crippen LogP contribution in [-0.4, -0.2) is 18.3 Å². The molecular weight excluding hydrogens is 204 g/mol. The lowest BCUT2D eigenvalue weighted by Gasteiger charge is -2.12. The molecule has 1 atom stereocenters. The first kappa shape index (κ1) is 11.9. The first-order valence-electron chi connectivity index (χ1n) is 4.54. The molecule has 1 aromatic carbocycles. The number of ether oxygens (including phenoxy) is 1. The molecule has 0 spiro atoms. The second-order valence-corrected chi connectivity index (χ2v) is 3.07. The highest BCUT2D eigenvalue weighted by Crippen LogP contribution is 2.20. The van der Waals surface area contributed by atoms with Crippen LogP contribution in [0.25, 0.3) is 0 Å². The monoisotopic (exact) mass is 217 g/mol. The Bertz CT molecular complexity index is 307. The number of benzene rings is 1. The molecule has 0 radical (unpaired) electrons. The molecule has 0 aliphatic heterocycles. The third-order valence-corrected chi connectivity index (χ3v) is 1.95. The molecule has 5 heteroatoms. The lowest BCUT2D eigenvalue weighted by Crippen LogP contribution is -2.12. The molecule has 1 aromatic rings. The predicted molar refractivity (Wildman–Crippen MR) is 51.7 cm³/mol. The van der Waals surface area contributed by atoms with Gasteiger partial charge in [0, 0.05) is 12.6 Å². The van der Waals surface area contributed by atoms with E-state index < -0.39 is 6.61 Å². The van der Waals surface area contributed by atoms with Gasteiger partial charge in [-0.05, 0) is 24.1 Å². The van der Waals surface area contributed by atoms with Gasteiger partial charge in [-0.1, -0.05) is 12.1 Å². The van der Waals surface area contributed by atoms with Gasteiger partial charge in [-0.3, -0.25) is 0 Å². The summed E-state index contributed by atoms with van der Waals surface area (Å²) in [7, 11) is 0. The van der Waals surface area contributed by atoms with E-state index in [1.165, 1.54) is 12.1 Å². The SMILES string of the molecule is N[C@@H](CCO)c1cccc(OC(F)F)c1. The van der Waals surface area contributed by atoms with E-state index in [1.54, 1.807) is 12.1 Å². The molecular formula is C10H13F2NO2. The Morgan fingerprint density at radius 1 is 1.40 bits per heavy atom. The summed E-state index contributed by atoms with van der Waals surface area (Å²) in [5.74, 6) is 0.0795. The number of hydrogen-bond acceptors (Lipinski definition) is 3. The van der Waals surface area contributed by atoms with E-state index in [-0.39, 0.29) is 18.4 Å². The van der Waals surface area contributed by atoms with Crippen molar-refractivity contribution in [3.05, 3.63) is 29.8 Å². The van der Waals surface area contributed by atoms with E-state index in [2.05, 4.69) is 4.74 Å². The molecule has 84 valence electrons. The minimum Gasteiger partial charge on any atom is -0.435 e. The van der Waals surface area contributed by atoms with Crippen LogP contribution in [0.3, 0.4) is 0 Å². The van der Waals surface area contributed by atoms with Crippen LogP contribution in [0.2, 0.25) is 0 Å². The van der Waals surface area contributed by atoms with Crippen LogP contribution in [0.1, 0.15) is 18.0 Å². The molecule has 0 saturated heterocycles. The van der Waals surface area contributed by atoms with Gasteiger partial charge < -0.3 is 15.6 Å². The predicted octanol–water partition coefficient (Wildman–Crippen LogP) is 1.67. The minimum absolute atomic E-state index is 0.0406. The number of hydrogen-bond donors (Lipinski definition) is 2. The van der Waals surface area contributed by atoms with Crippen molar-refractivity contribution in [3.8, 4) is 5.75 Å². The summed E-state index contributed by atoms with van der Waals surface area (Å²) in [6.45, 7) is -2.88. The van der Waals surface area contributed by atoms with Gasteiger partial charge in [-0.15, -0.1) is 0 Å². The van der Waals surface area contributed by atoms with Crippen molar-refractivity contribution in [1.82, 2.24) is 0 Å². The zero-order chi connectivity index (χ0) is 11.3. The van der Waals surface area contributed by atoms with E-state index in [1.807, 2.05) is 0 Å². The Hall–Kier alpha value is -1.20. The Balaban J connectivity index is 2.73. The normalized spacial score (nSPS) is 12.9. The van der Waals surface area contributed by atoms with Crippen molar-refractivity contribution >= 4 is 0 Å². The molecule has 3 N–H and O–H groups in total. The van der Waals surface area contributed by atoms with E-state index in [0.29, 0.717) is 12.0 Å². The van der Waals surface area contributed by atoms with Crippen molar-refractivity contribution in [2.24, 2.45) is 5.73 Å². The fourth-order valence-electron chi connectivity index (χ4n) is 1.23. The standard InChI is InChI=1S/C10H13F2NO2/c11-10(12)15-8-3-1-2-7(6-8)9(13)4-5-14/h1-3,6,9-10,14H,4-5,13H2/t9-/m0/s1. The van der Waals surface area contributed by atoms with Crippen molar-refractivity contribution in [2.75, 3.05) is 6.61 Å². The summed E-state index contributed by atoms with van der Waals surface area (Å²) in [6.07, 6.45) is 0.387. The maximum Gasteiger partial charge on any atom is 0.387 e. The van der Waals surface area contributed by atoms with Gasteiger partial charge in [-0.2, -0.15) is 8.78 Å². The number of aliphatic hydroxyl groups is 1. The van der Waals surface area contributed by atoms with Crippen molar-refractivity contribution in [1.29, 1.82) is 0 Å². The van der Waals surface area contributed by atoms with E-state index in [0.717, 1.165) is 0 Å². The molecule has 1 rings (SSSR count). The topological polar surface area (TPSA) is 55.5 Å². The Morgan fingerprint density at radius 3 is 2.73 bits per heavy atom. The summed E-state index contributed by atoms with van der Waals surface area (Å²) in [4.78, 5) is 0. The van der Waals surface area contributed by atoms with E-state index >= 15 is 0 Å². The Morgan fingerprint density at radius 2 is 2.13 bits per heavy atom. The minimum atomic E-state index is -2.84. The second kappa shape index (κ2) is 5.63. The molecule has 0 aliphatic rings. The Kier molecular flexibility index (Phi) is 4.45. The second-order valence-electron chi connectivity index (χ2n) is 3.07. The molecule has 15 heavy (non-hydrogen) atoms. The average Bonchev–Trinajstić information content (AvgIpc) is 2.17. The van der Waals surface area contributed by atoms with Crippen LogP contribution in [-0.2, 0) is 0 Å². The van der Waals surface area contributed by atoms with Gasteiger partial charge in [0.15, 0.2) is 0 Å². The van der Waals surface area contributed by atoms with Crippen LogP contribution in [0.15, 0.2) is 24.3 Å². The van der Waals surface area contributed by atoms with Gasteiger partial charge in [0.2, 0.25) is 0 Å². The van der Waals surface area contributed by atoms with Crippen LogP contribution in [0.5, 0.6) is 5.75 Å². The number of alkyl halides is 2. The number of halogens is 2. The molecule has 0 fully saturated rings. The fourth-order valence-corrected chi connectivity index (χ4v) is 1.23. The first-order chi connectivity index (χ1) is 7.13. The zero-order valence-electron chi connectivity index (χ0n) is 8.07. The largest absolute Gasteiger partial charge is 0.435 e. The molecule has 0 amide bonds. The lowest BCUT2D eigenvalue weighted by atomic mass is 10.1. The Labute approximate surface area is 86.5 Å². The quantitative estimate of drug-likeness (QED) is 0.788. The third kappa shape index (κ3) is 3.81. The van der Waals surface area contributed by atoms with E-state index in [4.69, 9.17) is 10.8 Å². The molecule has 0 saturated carbocycles. The van der Waals surface area contributed by atoms with Gasteiger partial charge >= 0.3 is 6.61 Å². The molecule has 0 bridgehead atoms. The third-order valence-electron chi connectivity index (χ3n) is 1.95. The summed E-state index contributed by atoms with van der Waals surface area (Å²) >= 11 is 0. The molecule has 0 heterocycles. The molecule has 0 unspecified atom stereocenters. The van der Waals surface area contributed by atoms with E-state index in [9.17, 15) is 8.78 Å². The molecule has 0 aliphatic carbocycles. The smallest absolute Gasteiger partial charge is 0.387 e. The van der Waals surface area contributed by atoms with Crippen molar-refractivity contribution in [2.45, 2.75) is 19.1 Å². The van der Waals surface area contributed by atoms with Gasteiger partial charge in [0.25, 0.3) is 0 Å². The van der Waals surface area contributed by atoms with Crippen LogP contribution in [0.4, 0.5) is 8.78 Å². The maximum absolute atomic E-state index is 11.9. The zero-order valence-corrected chi connectivity index (χ0v) is 8.07. The van der Waals surface area contributed by atoms with Crippen molar-refractivity contribution in [3.63, 3.8) is 0 Å². The summed E-state index contributed by atoms with van der Waals surface area (Å²) in [5.41, 5.74) is 6.37. The summed E-state index contributed by atoms with van der Waals surface area (Å²) in [6, 6.07) is 5.81. The lowest BCUT2D eigenvalue weighted by molar-refractivity contribution is -0.0499. The molecule has 0 aromatic heterocycles. The highest BCUT2D eigenvalue weighted by Gasteiger charge is 2.08. The average molecular weight is 217 g/mol. The van der Waals surface area contributed by atoms with Crippen LogP contribution in [0, 0.1) is 0 Å².